The summed E-state index contributed by atoms with van der Waals surface area (Å²) in [5.74, 6) is 1.03. The predicted octanol–water partition coefficient (Wildman–Crippen LogP) is 4.29. The Morgan fingerprint density at radius 2 is 1.65 bits per heavy atom. The van der Waals surface area contributed by atoms with Gasteiger partial charge in [0.1, 0.15) is 17.4 Å². The van der Waals surface area contributed by atoms with Gasteiger partial charge in [-0.1, -0.05) is 48.5 Å². The highest BCUT2D eigenvalue weighted by molar-refractivity contribution is 5.82. The number of benzene rings is 2. The molecule has 0 unspecified atom stereocenters. The molecule has 0 bridgehead atoms. The standard InChI is InChI=1S/C18H16O2/c1-2-6-13(7-3-1)10-11-15-14-8-4-5-9-16(14)20-18(15)17-12-19-17/h1-9,17H,10-12H2/t17-/m1/s1. The predicted molar refractivity (Wildman–Crippen MR) is 78.8 cm³/mol. The van der Waals surface area contributed by atoms with E-state index in [4.69, 9.17) is 9.15 Å². The summed E-state index contributed by atoms with van der Waals surface area (Å²) in [4.78, 5) is 0. The molecule has 20 heavy (non-hydrogen) atoms. The number of ether oxygens (including phenoxy) is 1. The Morgan fingerprint density at radius 3 is 2.45 bits per heavy atom. The maximum atomic E-state index is 5.99. The van der Waals surface area contributed by atoms with Crippen LogP contribution in [0.4, 0.5) is 0 Å². The molecule has 0 N–H and O–H groups in total. The van der Waals surface area contributed by atoms with E-state index >= 15 is 0 Å². The summed E-state index contributed by atoms with van der Waals surface area (Å²) >= 11 is 0. The molecule has 100 valence electrons. The van der Waals surface area contributed by atoms with Gasteiger partial charge >= 0.3 is 0 Å². The van der Waals surface area contributed by atoms with Crippen molar-refractivity contribution in [1.29, 1.82) is 0 Å². The molecule has 1 aromatic heterocycles. The van der Waals surface area contributed by atoms with E-state index in [1.807, 2.05) is 12.1 Å². The van der Waals surface area contributed by atoms with Crippen LogP contribution in [0.2, 0.25) is 0 Å². The van der Waals surface area contributed by atoms with Crippen molar-refractivity contribution in [3.05, 3.63) is 71.5 Å². The zero-order valence-electron chi connectivity index (χ0n) is 11.2. The lowest BCUT2D eigenvalue weighted by atomic mass is 10.0. The fourth-order valence-corrected chi connectivity index (χ4v) is 2.75. The number of aryl methyl sites for hydroxylation is 2. The van der Waals surface area contributed by atoms with Gasteiger partial charge in [0.2, 0.25) is 0 Å². The molecule has 0 amide bonds. The van der Waals surface area contributed by atoms with Crippen LogP contribution in [-0.4, -0.2) is 6.61 Å². The van der Waals surface area contributed by atoms with Gasteiger partial charge in [0, 0.05) is 10.9 Å². The Bertz CT molecular complexity index is 724. The number of hydrogen-bond donors (Lipinski definition) is 0. The van der Waals surface area contributed by atoms with Gasteiger partial charge in [-0.3, -0.25) is 0 Å². The maximum absolute atomic E-state index is 5.99. The Balaban J connectivity index is 1.69. The van der Waals surface area contributed by atoms with Crippen LogP contribution < -0.4 is 0 Å². The SMILES string of the molecule is c1ccc(CCc2c([C@H]3CO3)oc3ccccc23)cc1. The normalized spacial score (nSPS) is 17.5. The van der Waals surface area contributed by atoms with Gasteiger partial charge in [0.05, 0.1) is 6.61 Å². The highest BCUT2D eigenvalue weighted by Crippen LogP contribution is 2.38. The van der Waals surface area contributed by atoms with Gasteiger partial charge in [-0.25, -0.2) is 0 Å². The number of fused-ring (bicyclic) bond motifs is 1. The quantitative estimate of drug-likeness (QED) is 0.657. The minimum atomic E-state index is 0.174. The van der Waals surface area contributed by atoms with Gasteiger partial charge in [-0.15, -0.1) is 0 Å². The molecule has 3 aromatic rings. The van der Waals surface area contributed by atoms with Crippen molar-refractivity contribution < 1.29 is 9.15 Å². The van der Waals surface area contributed by atoms with Crippen LogP contribution in [-0.2, 0) is 17.6 Å². The molecule has 1 atom stereocenters. The van der Waals surface area contributed by atoms with Crippen LogP contribution in [0, 0.1) is 0 Å². The van der Waals surface area contributed by atoms with Crippen molar-refractivity contribution >= 4 is 11.0 Å². The van der Waals surface area contributed by atoms with Crippen molar-refractivity contribution in [1.82, 2.24) is 0 Å². The van der Waals surface area contributed by atoms with Crippen molar-refractivity contribution in [2.24, 2.45) is 0 Å². The van der Waals surface area contributed by atoms with Crippen LogP contribution in [0.3, 0.4) is 0 Å². The van der Waals surface area contributed by atoms with Crippen molar-refractivity contribution in [2.75, 3.05) is 6.61 Å². The Morgan fingerprint density at radius 1 is 0.900 bits per heavy atom. The van der Waals surface area contributed by atoms with Gasteiger partial charge in [0.25, 0.3) is 0 Å². The minimum Gasteiger partial charge on any atom is -0.458 e. The first-order valence-electron chi connectivity index (χ1n) is 7.07. The van der Waals surface area contributed by atoms with Crippen molar-refractivity contribution in [3.63, 3.8) is 0 Å². The Hall–Kier alpha value is -2.06. The fourth-order valence-electron chi connectivity index (χ4n) is 2.75. The molecule has 0 aliphatic carbocycles. The molecule has 1 aliphatic rings. The lowest BCUT2D eigenvalue weighted by Gasteiger charge is -2.02. The smallest absolute Gasteiger partial charge is 0.139 e. The summed E-state index contributed by atoms with van der Waals surface area (Å²) in [6, 6.07) is 18.9. The zero-order valence-corrected chi connectivity index (χ0v) is 11.2. The van der Waals surface area contributed by atoms with E-state index in [9.17, 15) is 0 Å². The summed E-state index contributed by atoms with van der Waals surface area (Å²) in [5.41, 5.74) is 3.65. The molecule has 0 spiro atoms. The molecule has 2 heterocycles. The van der Waals surface area contributed by atoms with E-state index in [0.717, 1.165) is 30.8 Å². The van der Waals surface area contributed by atoms with Crippen LogP contribution in [0.5, 0.6) is 0 Å². The lowest BCUT2D eigenvalue weighted by molar-refractivity contribution is 0.375. The van der Waals surface area contributed by atoms with E-state index in [1.165, 1.54) is 16.5 Å². The first-order chi connectivity index (χ1) is 9.92. The van der Waals surface area contributed by atoms with Gasteiger partial charge in [-0.05, 0) is 24.5 Å². The summed E-state index contributed by atoms with van der Waals surface area (Å²) < 4.78 is 11.4. The zero-order chi connectivity index (χ0) is 13.4. The molecule has 2 heteroatoms. The molecule has 0 radical (unpaired) electrons. The van der Waals surface area contributed by atoms with Gasteiger partial charge < -0.3 is 9.15 Å². The lowest BCUT2D eigenvalue weighted by Crippen LogP contribution is -1.94. The number of epoxide rings is 1. The molecular formula is C18H16O2. The van der Waals surface area contributed by atoms with Crippen molar-refractivity contribution in [2.45, 2.75) is 18.9 Å². The largest absolute Gasteiger partial charge is 0.458 e. The van der Waals surface area contributed by atoms with Crippen LogP contribution in [0.15, 0.2) is 59.0 Å². The maximum Gasteiger partial charge on any atom is 0.139 e. The molecule has 1 aliphatic heterocycles. The third-order valence-electron chi connectivity index (χ3n) is 3.86. The molecule has 2 aromatic carbocycles. The Kier molecular flexibility index (Phi) is 2.82. The van der Waals surface area contributed by atoms with E-state index < -0.39 is 0 Å². The summed E-state index contributed by atoms with van der Waals surface area (Å²) in [6.07, 6.45) is 2.20. The van der Waals surface area contributed by atoms with E-state index in [-0.39, 0.29) is 6.10 Å². The first-order valence-corrected chi connectivity index (χ1v) is 7.07. The van der Waals surface area contributed by atoms with Crippen LogP contribution >= 0.6 is 0 Å². The van der Waals surface area contributed by atoms with Crippen LogP contribution in [0.1, 0.15) is 23.0 Å². The summed E-state index contributed by atoms with van der Waals surface area (Å²) in [5, 5.41) is 1.23. The topological polar surface area (TPSA) is 25.7 Å². The number of rotatable bonds is 4. The molecule has 1 fully saturated rings. The Labute approximate surface area is 118 Å². The number of para-hydroxylation sites is 1. The molecule has 0 saturated carbocycles. The molecule has 1 saturated heterocycles. The number of hydrogen-bond acceptors (Lipinski definition) is 2. The fraction of sp³-hybridized carbons (Fsp3) is 0.222. The second-order valence-electron chi connectivity index (χ2n) is 5.25. The monoisotopic (exact) mass is 264 g/mol. The molecule has 4 rings (SSSR count). The highest BCUT2D eigenvalue weighted by Gasteiger charge is 2.32. The van der Waals surface area contributed by atoms with E-state index in [2.05, 4.69) is 42.5 Å². The average Bonchev–Trinajstić information content (AvgIpc) is 3.28. The van der Waals surface area contributed by atoms with E-state index in [1.54, 1.807) is 0 Å². The summed E-state index contributed by atoms with van der Waals surface area (Å²) in [7, 11) is 0. The minimum absolute atomic E-state index is 0.174. The van der Waals surface area contributed by atoms with Crippen LogP contribution in [0.25, 0.3) is 11.0 Å². The third kappa shape index (κ3) is 2.12. The molecule has 2 nitrogen and oxygen atoms in total. The van der Waals surface area contributed by atoms with Gasteiger partial charge in [0.15, 0.2) is 0 Å². The van der Waals surface area contributed by atoms with Crippen molar-refractivity contribution in [3.8, 4) is 0 Å². The molecular weight excluding hydrogens is 248 g/mol. The first kappa shape index (κ1) is 11.7. The number of furan rings is 1. The van der Waals surface area contributed by atoms with Gasteiger partial charge in [-0.2, -0.15) is 0 Å². The van der Waals surface area contributed by atoms with E-state index in [0.29, 0.717) is 0 Å². The second kappa shape index (κ2) is 4.80. The third-order valence-corrected chi connectivity index (χ3v) is 3.86. The highest BCUT2D eigenvalue weighted by atomic mass is 16.6. The second-order valence-corrected chi connectivity index (χ2v) is 5.25. The summed E-state index contributed by atoms with van der Waals surface area (Å²) in [6.45, 7) is 0.790. The average molecular weight is 264 g/mol.